The van der Waals surface area contributed by atoms with Crippen molar-refractivity contribution in [3.05, 3.63) is 35.4 Å². The molecule has 1 rings (SSSR count). The third kappa shape index (κ3) is 32.9. The van der Waals surface area contributed by atoms with Crippen molar-refractivity contribution >= 4 is 11.9 Å². The second-order valence-corrected chi connectivity index (χ2v) is 17.4. The molecular weight excluding hydrogens is 717 g/mol. The molecule has 0 heterocycles. The smallest absolute Gasteiger partial charge is 0.338 e. The summed E-state index contributed by atoms with van der Waals surface area (Å²) in [6.07, 6.45) is 41.5. The zero-order chi connectivity index (χ0) is 42.0. The van der Waals surface area contributed by atoms with Gasteiger partial charge in [0, 0.05) is 0 Å². The second kappa shape index (κ2) is 41.8. The van der Waals surface area contributed by atoms with Gasteiger partial charge in [-0.2, -0.15) is 0 Å². The summed E-state index contributed by atoms with van der Waals surface area (Å²) in [7, 11) is 0. The quantitative estimate of drug-likeness (QED) is 0.0483. The van der Waals surface area contributed by atoms with Gasteiger partial charge < -0.3 is 19.3 Å². The molecule has 0 aliphatic carbocycles. The predicted octanol–water partition coefficient (Wildman–Crippen LogP) is 15.2. The van der Waals surface area contributed by atoms with Gasteiger partial charge in [-0.3, -0.25) is 0 Å². The number of hydrogen-bond donors (Lipinski definition) is 0. The summed E-state index contributed by atoms with van der Waals surface area (Å²) in [5.41, 5.74) is 0.969. The van der Waals surface area contributed by atoms with E-state index < -0.39 is 0 Å². The summed E-state index contributed by atoms with van der Waals surface area (Å²) in [6.45, 7) is 16.9. The number of carbonyl (C=O) groups excluding carboxylic acids is 2. The molecule has 0 radical (unpaired) electrons. The van der Waals surface area contributed by atoms with Crippen LogP contribution in [0, 0.1) is 0 Å². The Labute approximate surface area is 360 Å². The Morgan fingerprint density at radius 3 is 0.776 bits per heavy atom. The molecule has 0 aliphatic rings. The van der Waals surface area contributed by atoms with Crippen molar-refractivity contribution in [1.82, 2.24) is 9.80 Å². The third-order valence-electron chi connectivity index (χ3n) is 11.9. The lowest BCUT2D eigenvalue weighted by molar-refractivity contribution is 0.0480. The van der Waals surface area contributed by atoms with E-state index in [0.717, 1.165) is 38.8 Å². The number of hydrogen-bond acceptors (Lipinski definition) is 6. The van der Waals surface area contributed by atoms with Crippen molar-refractivity contribution in [2.45, 2.75) is 233 Å². The highest BCUT2D eigenvalue weighted by Crippen LogP contribution is 2.14. The van der Waals surface area contributed by atoms with E-state index in [-0.39, 0.29) is 11.9 Å². The molecule has 0 aromatic heterocycles. The average Bonchev–Trinajstić information content (AvgIpc) is 3.24. The summed E-state index contributed by atoms with van der Waals surface area (Å²) >= 11 is 0. The summed E-state index contributed by atoms with van der Waals surface area (Å²) in [5.74, 6) is -0.638. The summed E-state index contributed by atoms with van der Waals surface area (Å²) in [4.78, 5) is 30.9. The van der Waals surface area contributed by atoms with Gasteiger partial charge in [-0.15, -0.1) is 0 Å². The SMILES string of the molecule is CCCCCCCCCN(CCCCCCCCC)CCCCOC(=O)c1ccc(C(=O)OCCCCN(CCCCCCCCC)CCCCCCCCC)cc1. The highest BCUT2D eigenvalue weighted by Gasteiger charge is 2.12. The summed E-state index contributed by atoms with van der Waals surface area (Å²) in [6, 6.07) is 6.76. The van der Waals surface area contributed by atoms with Crippen LogP contribution in [0.1, 0.15) is 254 Å². The first-order valence-corrected chi connectivity index (χ1v) is 25.4. The van der Waals surface area contributed by atoms with Gasteiger partial charge in [0.05, 0.1) is 24.3 Å². The van der Waals surface area contributed by atoms with Crippen molar-refractivity contribution in [3.8, 4) is 0 Å². The molecule has 0 bridgehead atoms. The molecular formula is C52H96N2O4. The summed E-state index contributed by atoms with van der Waals surface area (Å²) < 4.78 is 11.3. The van der Waals surface area contributed by atoms with Crippen LogP contribution in [0.3, 0.4) is 0 Å². The molecule has 0 saturated carbocycles. The Balaban J connectivity index is 2.37. The molecule has 58 heavy (non-hydrogen) atoms. The fraction of sp³-hybridized carbons (Fsp3) is 0.846. The topological polar surface area (TPSA) is 59.1 Å². The van der Waals surface area contributed by atoms with Crippen LogP contribution in [0.2, 0.25) is 0 Å². The first-order chi connectivity index (χ1) is 28.5. The third-order valence-corrected chi connectivity index (χ3v) is 11.9. The highest BCUT2D eigenvalue weighted by atomic mass is 16.5. The molecule has 0 atom stereocenters. The van der Waals surface area contributed by atoms with Crippen molar-refractivity contribution in [1.29, 1.82) is 0 Å². The number of unbranched alkanes of at least 4 members (excludes halogenated alkanes) is 26. The van der Waals surface area contributed by atoms with E-state index in [4.69, 9.17) is 9.47 Å². The van der Waals surface area contributed by atoms with Crippen molar-refractivity contribution in [3.63, 3.8) is 0 Å². The van der Waals surface area contributed by atoms with Gasteiger partial charge in [0.15, 0.2) is 0 Å². The Morgan fingerprint density at radius 2 is 0.534 bits per heavy atom. The minimum Gasteiger partial charge on any atom is -0.462 e. The Kier molecular flexibility index (Phi) is 39.0. The molecule has 0 amide bonds. The van der Waals surface area contributed by atoms with Crippen LogP contribution < -0.4 is 0 Å². The number of esters is 2. The van der Waals surface area contributed by atoms with E-state index in [2.05, 4.69) is 37.5 Å². The van der Waals surface area contributed by atoms with E-state index in [1.54, 1.807) is 24.3 Å². The van der Waals surface area contributed by atoms with Crippen molar-refractivity contribution in [2.24, 2.45) is 0 Å². The molecule has 6 heteroatoms. The first-order valence-electron chi connectivity index (χ1n) is 25.4. The van der Waals surface area contributed by atoms with Crippen molar-refractivity contribution < 1.29 is 19.1 Å². The molecule has 338 valence electrons. The lowest BCUT2D eigenvalue weighted by Crippen LogP contribution is -2.27. The molecule has 0 spiro atoms. The maximum Gasteiger partial charge on any atom is 0.338 e. The van der Waals surface area contributed by atoms with Gasteiger partial charge in [0.25, 0.3) is 0 Å². The predicted molar refractivity (Wildman–Crippen MR) is 250 cm³/mol. The van der Waals surface area contributed by atoms with E-state index in [9.17, 15) is 9.59 Å². The van der Waals surface area contributed by atoms with Crippen LogP contribution in [-0.4, -0.2) is 74.2 Å². The number of rotatable bonds is 44. The average molecular weight is 813 g/mol. The van der Waals surface area contributed by atoms with Gasteiger partial charge in [0.2, 0.25) is 0 Å². The van der Waals surface area contributed by atoms with E-state index in [1.165, 1.54) is 206 Å². The lowest BCUT2D eigenvalue weighted by atomic mass is 10.1. The van der Waals surface area contributed by atoms with Gasteiger partial charge >= 0.3 is 11.9 Å². The fourth-order valence-electron chi connectivity index (χ4n) is 7.95. The molecule has 1 aromatic carbocycles. The highest BCUT2D eigenvalue weighted by molar-refractivity contribution is 5.93. The minimum absolute atomic E-state index is 0.319. The normalized spacial score (nSPS) is 11.6. The molecule has 6 nitrogen and oxygen atoms in total. The fourth-order valence-corrected chi connectivity index (χ4v) is 7.95. The molecule has 0 fully saturated rings. The van der Waals surface area contributed by atoms with Crippen LogP contribution >= 0.6 is 0 Å². The molecule has 0 aliphatic heterocycles. The second-order valence-electron chi connectivity index (χ2n) is 17.4. The van der Waals surface area contributed by atoms with Gasteiger partial charge in [0.1, 0.15) is 0 Å². The number of benzene rings is 1. The van der Waals surface area contributed by atoms with E-state index >= 15 is 0 Å². The standard InChI is InChI=1S/C52H96N2O4/c1-5-9-13-17-21-25-29-41-53(42-30-26-22-18-14-10-6-2)45-33-35-47-57-51(55)49-37-39-50(40-38-49)52(56)58-48-36-34-46-54(43-31-27-23-19-15-11-7-3)44-32-28-24-20-16-12-8-4/h37-40H,5-36,41-48H2,1-4H3. The zero-order valence-corrected chi connectivity index (χ0v) is 39.1. The maximum atomic E-state index is 12.8. The molecule has 0 unspecified atom stereocenters. The summed E-state index contributed by atoms with van der Waals surface area (Å²) in [5, 5.41) is 0. The largest absolute Gasteiger partial charge is 0.462 e. The van der Waals surface area contributed by atoms with Crippen LogP contribution in [-0.2, 0) is 9.47 Å². The van der Waals surface area contributed by atoms with Gasteiger partial charge in [-0.05, 0) is 115 Å². The molecule has 0 saturated heterocycles. The van der Waals surface area contributed by atoms with Crippen LogP contribution in [0.4, 0.5) is 0 Å². The van der Waals surface area contributed by atoms with Crippen molar-refractivity contribution in [2.75, 3.05) is 52.5 Å². The van der Waals surface area contributed by atoms with Gasteiger partial charge in [-0.25, -0.2) is 9.59 Å². The Bertz CT molecular complexity index is 914. The monoisotopic (exact) mass is 813 g/mol. The number of nitrogens with zero attached hydrogens (tertiary/aromatic N) is 2. The number of ether oxygens (including phenoxy) is 2. The molecule has 0 N–H and O–H groups in total. The van der Waals surface area contributed by atoms with Gasteiger partial charge in [-0.1, -0.05) is 182 Å². The van der Waals surface area contributed by atoms with Crippen LogP contribution in [0.25, 0.3) is 0 Å². The molecule has 1 aromatic rings. The van der Waals surface area contributed by atoms with E-state index in [0.29, 0.717) is 24.3 Å². The maximum absolute atomic E-state index is 12.8. The number of carbonyl (C=O) groups is 2. The zero-order valence-electron chi connectivity index (χ0n) is 39.1. The lowest BCUT2D eigenvalue weighted by Gasteiger charge is -2.22. The van der Waals surface area contributed by atoms with Crippen LogP contribution in [0.15, 0.2) is 24.3 Å². The van der Waals surface area contributed by atoms with E-state index in [1.807, 2.05) is 0 Å². The Hall–Kier alpha value is -1.92. The first kappa shape index (κ1) is 54.1. The minimum atomic E-state index is -0.319. The van der Waals surface area contributed by atoms with Crippen LogP contribution in [0.5, 0.6) is 0 Å². The Morgan fingerprint density at radius 1 is 0.328 bits per heavy atom.